The number of aryl methyl sites for hydroxylation is 1. The summed E-state index contributed by atoms with van der Waals surface area (Å²) in [5.74, 6) is -0.865. The number of aliphatic hydroxyl groups is 1. The Morgan fingerprint density at radius 1 is 0.825 bits per heavy atom. The molecule has 1 aromatic heterocycles. The van der Waals surface area contributed by atoms with Gasteiger partial charge in [-0.3, -0.25) is 14.4 Å². The average Bonchev–Trinajstić information content (AvgIpc) is 3.35. The number of ether oxygens (including phenoxy) is 2. The minimum absolute atomic E-state index is 0.0372. The van der Waals surface area contributed by atoms with E-state index in [2.05, 4.69) is 24.2 Å². The number of hydrogen-bond donors (Lipinski definition) is 1. The first-order valence-electron chi connectivity index (χ1n) is 15.7. The van der Waals surface area contributed by atoms with E-state index >= 15 is 0 Å². The highest BCUT2D eigenvalue weighted by Gasteiger charge is 2.24. The van der Waals surface area contributed by atoms with Crippen molar-refractivity contribution in [1.82, 2.24) is 15.0 Å². The van der Waals surface area contributed by atoms with Crippen molar-refractivity contribution >= 4 is 17.7 Å². The molecule has 0 saturated heterocycles. The molecule has 0 aliphatic rings. The van der Waals surface area contributed by atoms with E-state index in [4.69, 9.17) is 9.47 Å². The number of carbonyl (C=O) groups excluding carboxylic acids is 3. The first kappa shape index (κ1) is 35.7. The predicted molar refractivity (Wildman–Crippen MR) is 156 cm³/mol. The van der Waals surface area contributed by atoms with Crippen LogP contribution < -0.4 is 0 Å². The van der Waals surface area contributed by atoms with E-state index in [0.717, 1.165) is 38.5 Å². The van der Waals surface area contributed by atoms with Gasteiger partial charge in [0.1, 0.15) is 12.2 Å². The maximum atomic E-state index is 12.5. The van der Waals surface area contributed by atoms with Crippen molar-refractivity contribution in [3.63, 3.8) is 0 Å². The van der Waals surface area contributed by atoms with Gasteiger partial charge in [0, 0.05) is 31.9 Å². The van der Waals surface area contributed by atoms with Gasteiger partial charge < -0.3 is 14.6 Å². The van der Waals surface area contributed by atoms with E-state index in [1.54, 1.807) is 10.9 Å². The Hall–Kier alpha value is -2.29. The lowest BCUT2D eigenvalue weighted by Crippen LogP contribution is -2.31. The smallest absolute Gasteiger partial charge is 0.306 e. The second-order valence-corrected chi connectivity index (χ2v) is 11.5. The monoisotopic (exact) mass is 565 g/mol. The van der Waals surface area contributed by atoms with Crippen molar-refractivity contribution in [3.8, 4) is 0 Å². The van der Waals surface area contributed by atoms with E-state index in [1.807, 2.05) is 0 Å². The van der Waals surface area contributed by atoms with Gasteiger partial charge in [0.15, 0.2) is 11.9 Å². The average molecular weight is 566 g/mol. The van der Waals surface area contributed by atoms with Crippen LogP contribution in [0.25, 0.3) is 0 Å². The van der Waals surface area contributed by atoms with Crippen LogP contribution in [0, 0.1) is 0 Å². The molecule has 0 saturated carbocycles. The van der Waals surface area contributed by atoms with E-state index in [1.165, 1.54) is 65.2 Å². The fourth-order valence-corrected chi connectivity index (χ4v) is 4.38. The van der Waals surface area contributed by atoms with Gasteiger partial charge >= 0.3 is 11.9 Å². The zero-order valence-corrected chi connectivity index (χ0v) is 25.6. The van der Waals surface area contributed by atoms with Gasteiger partial charge in [0.2, 0.25) is 0 Å². The van der Waals surface area contributed by atoms with Crippen LogP contribution in [-0.4, -0.2) is 56.1 Å². The molecule has 1 aromatic rings. The van der Waals surface area contributed by atoms with Gasteiger partial charge in [-0.2, -0.15) is 0 Å². The lowest BCUT2D eigenvalue weighted by atomic mass is 9.99. The zero-order chi connectivity index (χ0) is 29.6. The van der Waals surface area contributed by atoms with Crippen LogP contribution in [-0.2, 0) is 36.8 Å². The third-order valence-electron chi connectivity index (χ3n) is 6.96. The Morgan fingerprint density at radius 3 is 1.90 bits per heavy atom. The van der Waals surface area contributed by atoms with Gasteiger partial charge in [0.25, 0.3) is 0 Å². The van der Waals surface area contributed by atoms with Crippen LogP contribution in [0.2, 0.25) is 0 Å². The van der Waals surface area contributed by atoms with E-state index in [-0.39, 0.29) is 37.3 Å². The molecule has 0 fully saturated rings. The highest BCUT2D eigenvalue weighted by Crippen LogP contribution is 2.13. The number of Topliss-reactive ketones (excluding diaryl/α,β-unsaturated/α-hetero) is 1. The topological polar surface area (TPSA) is 121 Å². The van der Waals surface area contributed by atoms with Crippen molar-refractivity contribution in [2.24, 2.45) is 0 Å². The normalized spacial score (nSPS) is 12.3. The van der Waals surface area contributed by atoms with Crippen molar-refractivity contribution in [3.05, 3.63) is 11.9 Å². The Balaban J connectivity index is 2.55. The minimum atomic E-state index is -1.39. The largest absolute Gasteiger partial charge is 0.462 e. The molecule has 1 atom stereocenters. The third kappa shape index (κ3) is 18.1. The number of hydrogen-bond acceptors (Lipinski definition) is 8. The highest BCUT2D eigenvalue weighted by molar-refractivity contribution is 5.86. The fourth-order valence-electron chi connectivity index (χ4n) is 4.38. The number of ketones is 1. The molecule has 0 aliphatic heterocycles. The Kier molecular flexibility index (Phi) is 19.2. The van der Waals surface area contributed by atoms with Gasteiger partial charge in [-0.1, -0.05) is 96.1 Å². The van der Waals surface area contributed by atoms with Crippen molar-refractivity contribution in [2.75, 3.05) is 6.61 Å². The molecule has 0 spiro atoms. The summed E-state index contributed by atoms with van der Waals surface area (Å²) >= 11 is 0. The zero-order valence-electron chi connectivity index (χ0n) is 25.6. The molecule has 230 valence electrons. The molecule has 9 heteroatoms. The molecule has 1 heterocycles. The number of rotatable bonds is 25. The Labute approximate surface area is 241 Å². The Bertz CT molecular complexity index is 833. The lowest BCUT2D eigenvalue weighted by Gasteiger charge is -2.18. The van der Waals surface area contributed by atoms with Gasteiger partial charge in [-0.15, -0.1) is 5.10 Å². The molecule has 1 unspecified atom stereocenters. The summed E-state index contributed by atoms with van der Waals surface area (Å²) in [6.07, 6.45) is 17.8. The molecule has 1 N–H and O–H groups in total. The summed E-state index contributed by atoms with van der Waals surface area (Å²) < 4.78 is 12.7. The molecule has 0 radical (unpaired) electrons. The maximum absolute atomic E-state index is 12.5. The maximum Gasteiger partial charge on any atom is 0.306 e. The van der Waals surface area contributed by atoms with E-state index in [0.29, 0.717) is 25.0 Å². The number of unbranched alkanes of at least 4 members (excludes halogenated alkanes) is 12. The van der Waals surface area contributed by atoms with Crippen molar-refractivity contribution in [2.45, 2.75) is 162 Å². The molecule has 9 nitrogen and oxygen atoms in total. The fraction of sp³-hybridized carbons (Fsp3) is 0.839. The van der Waals surface area contributed by atoms with Crippen LogP contribution in [0.4, 0.5) is 0 Å². The lowest BCUT2D eigenvalue weighted by molar-refractivity contribution is -0.160. The SMILES string of the molecule is CCCCCCCCCC(=O)OCC(Cn1cc(CCC(=O)C(C)(C)O)nn1)OC(=O)CCCCCCCCC. The van der Waals surface area contributed by atoms with Crippen molar-refractivity contribution < 1.29 is 29.0 Å². The number of esters is 2. The van der Waals surface area contributed by atoms with Crippen LogP contribution in [0.3, 0.4) is 0 Å². The predicted octanol–water partition coefficient (Wildman–Crippen LogP) is 6.29. The molecular formula is C31H55N3O6. The second-order valence-electron chi connectivity index (χ2n) is 11.5. The summed E-state index contributed by atoms with van der Waals surface area (Å²) in [6.45, 7) is 7.47. The third-order valence-corrected chi connectivity index (χ3v) is 6.96. The number of aromatic nitrogens is 3. The standard InChI is InChI=1S/C31H55N3O6/c1-5-7-9-11-13-15-17-19-29(36)39-25-27(40-30(37)20-18-16-14-12-10-8-6-2)24-34-23-26(32-33-34)21-22-28(35)31(3,4)38/h23,27,38H,5-22,24-25H2,1-4H3. The number of carbonyl (C=O) groups is 3. The summed E-state index contributed by atoms with van der Waals surface area (Å²) in [4.78, 5) is 36.9. The first-order valence-corrected chi connectivity index (χ1v) is 15.7. The summed E-state index contributed by atoms with van der Waals surface area (Å²) in [5.41, 5.74) is -0.786. The molecule has 0 bridgehead atoms. The molecule has 1 rings (SSSR count). The van der Waals surface area contributed by atoms with E-state index < -0.39 is 11.7 Å². The quantitative estimate of drug-likeness (QED) is 0.108. The summed E-state index contributed by atoms with van der Waals surface area (Å²) in [5, 5.41) is 18.0. The Morgan fingerprint density at radius 2 is 1.35 bits per heavy atom. The van der Waals surface area contributed by atoms with Gasteiger partial charge in [-0.05, 0) is 26.7 Å². The summed E-state index contributed by atoms with van der Waals surface area (Å²) in [7, 11) is 0. The molecule has 0 aliphatic carbocycles. The molecule has 40 heavy (non-hydrogen) atoms. The number of nitrogens with zero attached hydrogens (tertiary/aromatic N) is 3. The molecule has 0 amide bonds. The minimum Gasteiger partial charge on any atom is -0.462 e. The summed E-state index contributed by atoms with van der Waals surface area (Å²) in [6, 6.07) is 0. The second kappa shape index (κ2) is 21.5. The van der Waals surface area contributed by atoms with E-state index in [9.17, 15) is 19.5 Å². The highest BCUT2D eigenvalue weighted by atomic mass is 16.6. The molecular weight excluding hydrogens is 510 g/mol. The van der Waals surface area contributed by atoms with Crippen LogP contribution in [0.5, 0.6) is 0 Å². The van der Waals surface area contributed by atoms with Crippen LogP contribution in [0.1, 0.15) is 143 Å². The molecule has 0 aromatic carbocycles. The van der Waals surface area contributed by atoms with Gasteiger partial charge in [-0.25, -0.2) is 4.68 Å². The van der Waals surface area contributed by atoms with Crippen LogP contribution >= 0.6 is 0 Å². The van der Waals surface area contributed by atoms with Crippen molar-refractivity contribution in [1.29, 1.82) is 0 Å². The first-order chi connectivity index (χ1) is 19.2. The van der Waals surface area contributed by atoms with Gasteiger partial charge in [0.05, 0.1) is 12.2 Å². The van der Waals surface area contributed by atoms with Crippen LogP contribution in [0.15, 0.2) is 6.20 Å².